The average molecular weight is 389 g/mol. The minimum Gasteiger partial charge on any atom is -0.493 e. The van der Waals surface area contributed by atoms with Crippen molar-refractivity contribution in [2.24, 2.45) is 0 Å². The summed E-state index contributed by atoms with van der Waals surface area (Å²) < 4.78 is 10.7. The largest absolute Gasteiger partial charge is 0.493 e. The van der Waals surface area contributed by atoms with Gasteiger partial charge < -0.3 is 20.1 Å². The zero-order valence-electron chi connectivity index (χ0n) is 17.1. The molecule has 0 saturated heterocycles. The molecule has 0 unspecified atom stereocenters. The highest BCUT2D eigenvalue weighted by molar-refractivity contribution is 5.70. The van der Waals surface area contributed by atoms with Crippen LogP contribution in [0.25, 0.3) is 12.2 Å². The van der Waals surface area contributed by atoms with Gasteiger partial charge in [0.15, 0.2) is 11.5 Å². The number of hydrogen-bond donors (Lipinski definition) is 1. The molecule has 0 saturated carbocycles. The van der Waals surface area contributed by atoms with Crippen LogP contribution in [0.3, 0.4) is 0 Å². The molecule has 0 aliphatic rings. The first-order valence-corrected chi connectivity index (χ1v) is 9.51. The Morgan fingerprint density at radius 1 is 0.931 bits per heavy atom. The fraction of sp³-hybridized carbons (Fsp3) is 0.208. The molecule has 1 heterocycles. The Balaban J connectivity index is 1.64. The molecule has 0 atom stereocenters. The number of aromatic nitrogens is 1. The van der Waals surface area contributed by atoms with Crippen molar-refractivity contribution in [3.8, 4) is 11.5 Å². The fourth-order valence-electron chi connectivity index (χ4n) is 3.02. The van der Waals surface area contributed by atoms with Crippen LogP contribution in [0.1, 0.15) is 16.8 Å². The first-order chi connectivity index (χ1) is 14.1. The van der Waals surface area contributed by atoms with Gasteiger partial charge in [0.05, 0.1) is 19.9 Å². The summed E-state index contributed by atoms with van der Waals surface area (Å²) in [4.78, 5) is 6.67. The molecule has 3 aromatic rings. The van der Waals surface area contributed by atoms with Gasteiger partial charge in [-0.25, -0.2) is 0 Å². The quantitative estimate of drug-likeness (QED) is 0.574. The number of anilines is 2. The third kappa shape index (κ3) is 5.51. The lowest BCUT2D eigenvalue weighted by molar-refractivity contribution is 0.354. The summed E-state index contributed by atoms with van der Waals surface area (Å²) in [5.74, 6) is 1.50. The Morgan fingerprint density at radius 3 is 2.41 bits per heavy atom. The van der Waals surface area contributed by atoms with Crippen molar-refractivity contribution in [1.29, 1.82) is 0 Å². The summed E-state index contributed by atoms with van der Waals surface area (Å²) >= 11 is 0. The lowest BCUT2D eigenvalue weighted by atomic mass is 10.1. The van der Waals surface area contributed by atoms with Crippen LogP contribution >= 0.6 is 0 Å². The number of methoxy groups -OCH3 is 2. The Kier molecular flexibility index (Phi) is 6.74. The molecule has 0 aliphatic heterocycles. The summed E-state index contributed by atoms with van der Waals surface area (Å²) in [6.45, 7) is 0.876. The molecule has 0 spiro atoms. The molecule has 5 heteroatoms. The molecule has 2 N–H and O–H groups in total. The number of rotatable bonds is 8. The van der Waals surface area contributed by atoms with Gasteiger partial charge in [0.25, 0.3) is 0 Å². The van der Waals surface area contributed by atoms with Crippen LogP contribution in [-0.2, 0) is 6.42 Å². The molecule has 2 aromatic carbocycles. The van der Waals surface area contributed by atoms with Crippen molar-refractivity contribution in [3.63, 3.8) is 0 Å². The van der Waals surface area contributed by atoms with E-state index in [0.29, 0.717) is 0 Å². The summed E-state index contributed by atoms with van der Waals surface area (Å²) in [5.41, 5.74) is 10.8. The zero-order valence-corrected chi connectivity index (χ0v) is 17.1. The molecule has 0 aliphatic carbocycles. The van der Waals surface area contributed by atoms with Crippen LogP contribution in [0.5, 0.6) is 11.5 Å². The average Bonchev–Trinajstić information content (AvgIpc) is 2.77. The SMILES string of the molecule is COc1ccc(CCN(C)c2ccnc(/C=C/c3ccc(N)cc3)c2)cc1OC. The Hall–Kier alpha value is -3.47. The van der Waals surface area contributed by atoms with Gasteiger partial charge in [-0.1, -0.05) is 24.3 Å². The Labute approximate surface area is 172 Å². The molecule has 150 valence electrons. The third-order valence-corrected chi connectivity index (χ3v) is 4.77. The molecule has 5 nitrogen and oxygen atoms in total. The monoisotopic (exact) mass is 389 g/mol. The first kappa shape index (κ1) is 20.3. The highest BCUT2D eigenvalue weighted by Crippen LogP contribution is 2.28. The van der Waals surface area contributed by atoms with Gasteiger partial charge >= 0.3 is 0 Å². The number of benzene rings is 2. The van der Waals surface area contributed by atoms with E-state index in [9.17, 15) is 0 Å². The molecule has 0 radical (unpaired) electrons. The molecule has 0 bridgehead atoms. The molecule has 29 heavy (non-hydrogen) atoms. The van der Waals surface area contributed by atoms with Gasteiger partial charge in [-0.15, -0.1) is 0 Å². The molecular weight excluding hydrogens is 362 g/mol. The maximum atomic E-state index is 5.73. The van der Waals surface area contributed by atoms with E-state index in [1.807, 2.05) is 60.8 Å². The Morgan fingerprint density at radius 2 is 1.69 bits per heavy atom. The van der Waals surface area contributed by atoms with Crippen molar-refractivity contribution in [2.45, 2.75) is 6.42 Å². The minimum absolute atomic E-state index is 0.747. The molecule has 1 aromatic heterocycles. The number of nitrogens with zero attached hydrogens (tertiary/aromatic N) is 2. The molecule has 3 rings (SSSR count). The molecule has 0 amide bonds. The maximum absolute atomic E-state index is 5.73. The third-order valence-electron chi connectivity index (χ3n) is 4.77. The number of nitrogens with two attached hydrogens (primary N) is 1. The van der Waals surface area contributed by atoms with E-state index >= 15 is 0 Å². The zero-order chi connectivity index (χ0) is 20.6. The second-order valence-electron chi connectivity index (χ2n) is 6.80. The van der Waals surface area contributed by atoms with Crippen LogP contribution in [0, 0.1) is 0 Å². The van der Waals surface area contributed by atoms with E-state index in [1.54, 1.807) is 14.2 Å². The number of ether oxygens (including phenoxy) is 2. The predicted octanol–water partition coefficient (Wildman–Crippen LogP) is 4.53. The van der Waals surface area contributed by atoms with E-state index in [1.165, 1.54) is 5.56 Å². The maximum Gasteiger partial charge on any atom is 0.160 e. The van der Waals surface area contributed by atoms with Gasteiger partial charge in [-0.3, -0.25) is 4.98 Å². The number of hydrogen-bond acceptors (Lipinski definition) is 5. The standard InChI is InChI=1S/C24H27N3O2/c1-27(15-13-19-7-11-23(28-2)24(16-19)29-3)22-12-14-26-21(17-22)10-6-18-4-8-20(25)9-5-18/h4-12,14,16-17H,13,15,25H2,1-3H3/b10-6+. The van der Waals surface area contributed by atoms with Crippen LogP contribution in [0.4, 0.5) is 11.4 Å². The van der Waals surface area contributed by atoms with Crippen molar-refractivity contribution in [1.82, 2.24) is 4.98 Å². The second-order valence-corrected chi connectivity index (χ2v) is 6.80. The van der Waals surface area contributed by atoms with Crippen molar-refractivity contribution in [3.05, 3.63) is 77.6 Å². The minimum atomic E-state index is 0.747. The van der Waals surface area contributed by atoms with E-state index in [2.05, 4.69) is 29.1 Å². The van der Waals surface area contributed by atoms with Gasteiger partial charge in [-0.2, -0.15) is 0 Å². The first-order valence-electron chi connectivity index (χ1n) is 9.51. The lowest BCUT2D eigenvalue weighted by Crippen LogP contribution is -2.20. The van der Waals surface area contributed by atoms with Gasteiger partial charge in [0.1, 0.15) is 0 Å². The van der Waals surface area contributed by atoms with E-state index in [4.69, 9.17) is 15.2 Å². The normalized spacial score (nSPS) is 10.9. The van der Waals surface area contributed by atoms with Crippen LogP contribution < -0.4 is 20.1 Å². The van der Waals surface area contributed by atoms with Gasteiger partial charge in [-0.05, 0) is 60.0 Å². The van der Waals surface area contributed by atoms with Gasteiger partial charge in [0, 0.05) is 31.2 Å². The summed E-state index contributed by atoms with van der Waals surface area (Å²) in [6.07, 6.45) is 6.78. The fourth-order valence-corrected chi connectivity index (χ4v) is 3.02. The van der Waals surface area contributed by atoms with Crippen LogP contribution in [0.2, 0.25) is 0 Å². The topological polar surface area (TPSA) is 60.6 Å². The molecule has 0 fully saturated rings. The van der Waals surface area contributed by atoms with Gasteiger partial charge in [0.2, 0.25) is 0 Å². The highest BCUT2D eigenvalue weighted by atomic mass is 16.5. The summed E-state index contributed by atoms with van der Waals surface area (Å²) in [6, 6.07) is 17.9. The van der Waals surface area contributed by atoms with E-state index < -0.39 is 0 Å². The van der Waals surface area contributed by atoms with Crippen LogP contribution in [0.15, 0.2) is 60.8 Å². The highest BCUT2D eigenvalue weighted by Gasteiger charge is 2.07. The van der Waals surface area contributed by atoms with Crippen molar-refractivity contribution < 1.29 is 9.47 Å². The lowest BCUT2D eigenvalue weighted by Gasteiger charge is -2.20. The Bertz CT molecular complexity index is 968. The second kappa shape index (κ2) is 9.64. The summed E-state index contributed by atoms with van der Waals surface area (Å²) in [7, 11) is 5.39. The number of pyridine rings is 1. The molecular formula is C24H27N3O2. The smallest absolute Gasteiger partial charge is 0.160 e. The van der Waals surface area contributed by atoms with Crippen LogP contribution in [-0.4, -0.2) is 32.8 Å². The van der Waals surface area contributed by atoms with E-state index in [-0.39, 0.29) is 0 Å². The van der Waals surface area contributed by atoms with Crippen molar-refractivity contribution >= 4 is 23.5 Å². The van der Waals surface area contributed by atoms with E-state index in [0.717, 1.165) is 47.1 Å². The number of nitrogen functional groups attached to an aromatic ring is 1. The van der Waals surface area contributed by atoms with Crippen molar-refractivity contribution in [2.75, 3.05) is 38.4 Å². The number of likely N-dealkylation sites (N-methyl/N-ethyl adjacent to an activating group) is 1. The predicted molar refractivity (Wildman–Crippen MR) is 121 cm³/mol. The summed E-state index contributed by atoms with van der Waals surface area (Å²) in [5, 5.41) is 0.